The number of nitrogens with one attached hydrogen (secondary N) is 1. The molecule has 1 fully saturated rings. The molecule has 1 aliphatic rings. The van der Waals surface area contributed by atoms with Gasteiger partial charge in [0.05, 0.1) is 17.0 Å². The molecule has 0 bridgehead atoms. The third-order valence-electron chi connectivity index (χ3n) is 7.44. The molecule has 41 heavy (non-hydrogen) atoms. The van der Waals surface area contributed by atoms with Crippen molar-refractivity contribution in [2.24, 2.45) is 0 Å². The summed E-state index contributed by atoms with van der Waals surface area (Å²) in [6.45, 7) is 1.43. The van der Waals surface area contributed by atoms with Gasteiger partial charge < -0.3 is 10.2 Å². The number of aryl methyl sites for hydroxylation is 1. The van der Waals surface area contributed by atoms with E-state index in [9.17, 15) is 22.4 Å². The summed E-state index contributed by atoms with van der Waals surface area (Å²) in [6, 6.07) is 19.6. The Morgan fingerprint density at radius 1 is 1.02 bits per heavy atom. The minimum Gasteiger partial charge on any atom is -0.352 e. The first-order valence-corrected chi connectivity index (χ1v) is 15.9. The summed E-state index contributed by atoms with van der Waals surface area (Å²) in [5.74, 6) is -1.55. The summed E-state index contributed by atoms with van der Waals surface area (Å²) >= 11 is 5.95. The third kappa shape index (κ3) is 8.07. The third-order valence-corrected chi connectivity index (χ3v) is 8.88. The van der Waals surface area contributed by atoms with Crippen molar-refractivity contribution in [3.8, 4) is 0 Å². The van der Waals surface area contributed by atoms with E-state index in [-0.39, 0.29) is 35.6 Å². The molecular weight excluding hydrogens is 565 g/mol. The number of nitrogens with zero attached hydrogens (tertiary/aromatic N) is 2. The highest BCUT2D eigenvalue weighted by Gasteiger charge is 2.34. The van der Waals surface area contributed by atoms with Gasteiger partial charge in [-0.25, -0.2) is 12.8 Å². The molecule has 0 radical (unpaired) electrons. The normalized spacial score (nSPS) is 14.4. The number of halogens is 2. The Hall–Kier alpha value is -3.43. The fraction of sp³-hybridized carbons (Fsp3) is 0.355. The summed E-state index contributed by atoms with van der Waals surface area (Å²) in [5, 5.41) is 2.87. The van der Waals surface area contributed by atoms with Gasteiger partial charge in [-0.15, -0.1) is 0 Å². The molecule has 218 valence electrons. The number of benzene rings is 3. The summed E-state index contributed by atoms with van der Waals surface area (Å²) in [6.07, 6.45) is 5.04. The Morgan fingerprint density at radius 3 is 2.32 bits per heavy atom. The van der Waals surface area contributed by atoms with Gasteiger partial charge in [0.2, 0.25) is 21.8 Å². The van der Waals surface area contributed by atoms with Crippen molar-refractivity contribution in [3.05, 3.63) is 100 Å². The van der Waals surface area contributed by atoms with Crippen LogP contribution in [0.1, 0.15) is 42.4 Å². The predicted molar refractivity (Wildman–Crippen MR) is 160 cm³/mol. The lowest BCUT2D eigenvalue weighted by molar-refractivity contribution is -0.140. The maximum atomic E-state index is 14.1. The van der Waals surface area contributed by atoms with Crippen molar-refractivity contribution in [1.82, 2.24) is 10.2 Å². The molecule has 0 aliphatic heterocycles. The number of hydrogen-bond donors (Lipinski definition) is 1. The lowest BCUT2D eigenvalue weighted by Gasteiger charge is -2.34. The van der Waals surface area contributed by atoms with Gasteiger partial charge in [-0.1, -0.05) is 79.0 Å². The zero-order valence-corrected chi connectivity index (χ0v) is 24.8. The van der Waals surface area contributed by atoms with E-state index in [1.54, 1.807) is 0 Å². The highest BCUT2D eigenvalue weighted by Crippen LogP contribution is 2.26. The SMILES string of the molecule is Cc1ccccc1CN(C(=O)CN(c1ccc(F)c(Cl)c1)S(C)(=O)=O)C(Cc1ccccc1)C(=O)NC1CCCC1. The number of anilines is 1. The van der Waals surface area contributed by atoms with E-state index in [0.717, 1.165) is 59.0 Å². The van der Waals surface area contributed by atoms with Crippen LogP contribution in [0.15, 0.2) is 72.8 Å². The minimum absolute atomic E-state index is 0.0325. The first-order valence-electron chi connectivity index (χ1n) is 13.6. The number of carbonyl (C=O) groups is 2. The second kappa shape index (κ2) is 13.5. The van der Waals surface area contributed by atoms with Gasteiger partial charge in [0.25, 0.3) is 0 Å². The molecule has 1 N–H and O–H groups in total. The molecule has 0 aromatic heterocycles. The van der Waals surface area contributed by atoms with Crippen LogP contribution >= 0.6 is 11.6 Å². The van der Waals surface area contributed by atoms with Gasteiger partial charge in [-0.3, -0.25) is 13.9 Å². The minimum atomic E-state index is -3.98. The lowest BCUT2D eigenvalue weighted by atomic mass is 10.0. The van der Waals surface area contributed by atoms with Crippen molar-refractivity contribution in [1.29, 1.82) is 0 Å². The molecule has 0 heterocycles. The summed E-state index contributed by atoms with van der Waals surface area (Å²) in [5.41, 5.74) is 2.69. The molecule has 1 atom stereocenters. The van der Waals surface area contributed by atoms with Crippen LogP contribution in [0.3, 0.4) is 0 Å². The molecule has 2 amide bonds. The number of amides is 2. The Labute approximate surface area is 246 Å². The topological polar surface area (TPSA) is 86.8 Å². The van der Waals surface area contributed by atoms with E-state index >= 15 is 0 Å². The van der Waals surface area contributed by atoms with Crippen LogP contribution in [-0.2, 0) is 32.6 Å². The van der Waals surface area contributed by atoms with E-state index in [4.69, 9.17) is 11.6 Å². The van der Waals surface area contributed by atoms with E-state index in [1.165, 1.54) is 17.0 Å². The van der Waals surface area contributed by atoms with Crippen LogP contribution in [0.2, 0.25) is 5.02 Å². The molecule has 0 spiro atoms. The monoisotopic (exact) mass is 599 g/mol. The van der Waals surface area contributed by atoms with E-state index in [1.807, 2.05) is 61.5 Å². The van der Waals surface area contributed by atoms with Crippen LogP contribution < -0.4 is 9.62 Å². The van der Waals surface area contributed by atoms with Crippen LogP contribution in [0.4, 0.5) is 10.1 Å². The summed E-state index contributed by atoms with van der Waals surface area (Å²) in [4.78, 5) is 29.5. The maximum absolute atomic E-state index is 14.1. The first kappa shape index (κ1) is 30.5. The van der Waals surface area contributed by atoms with Gasteiger partial charge in [-0.2, -0.15) is 0 Å². The summed E-state index contributed by atoms with van der Waals surface area (Å²) in [7, 11) is -3.98. The van der Waals surface area contributed by atoms with Crippen molar-refractivity contribution < 1.29 is 22.4 Å². The largest absolute Gasteiger partial charge is 0.352 e. The zero-order valence-electron chi connectivity index (χ0n) is 23.2. The number of rotatable bonds is 11. The molecule has 7 nitrogen and oxygen atoms in total. The Morgan fingerprint density at radius 2 is 1.68 bits per heavy atom. The highest BCUT2D eigenvalue weighted by atomic mass is 35.5. The van der Waals surface area contributed by atoms with E-state index < -0.39 is 34.3 Å². The van der Waals surface area contributed by atoms with Crippen LogP contribution in [0, 0.1) is 12.7 Å². The molecule has 3 aromatic rings. The number of sulfonamides is 1. The van der Waals surface area contributed by atoms with Crippen molar-refractivity contribution in [2.75, 3.05) is 17.1 Å². The Balaban J connectivity index is 1.74. The average molecular weight is 600 g/mol. The molecular formula is C31H35ClFN3O4S. The Kier molecular flexibility index (Phi) is 10.0. The van der Waals surface area contributed by atoms with Gasteiger partial charge in [0.1, 0.15) is 18.4 Å². The molecule has 10 heteroatoms. The van der Waals surface area contributed by atoms with Crippen molar-refractivity contribution >= 4 is 39.1 Å². The van der Waals surface area contributed by atoms with Crippen LogP contribution in [0.25, 0.3) is 0 Å². The van der Waals surface area contributed by atoms with Gasteiger partial charge in [0, 0.05) is 19.0 Å². The standard InChI is InChI=1S/C31H35ClFN3O4S/c1-22-10-6-7-13-24(22)20-35(30(37)21-36(41(2,39)40)26-16-17-28(33)27(32)19-26)29(18-23-11-4-3-5-12-23)31(38)34-25-14-8-9-15-25/h3-7,10-13,16-17,19,25,29H,8-9,14-15,18,20-21H2,1-2H3,(H,34,38). The number of hydrogen-bond acceptors (Lipinski definition) is 4. The molecule has 1 saturated carbocycles. The highest BCUT2D eigenvalue weighted by molar-refractivity contribution is 7.92. The van der Waals surface area contributed by atoms with Gasteiger partial charge >= 0.3 is 0 Å². The van der Waals surface area contributed by atoms with Gasteiger partial charge in [0.15, 0.2) is 0 Å². The van der Waals surface area contributed by atoms with Crippen LogP contribution in [0.5, 0.6) is 0 Å². The molecule has 4 rings (SSSR count). The first-order chi connectivity index (χ1) is 19.5. The van der Waals surface area contributed by atoms with Crippen molar-refractivity contribution in [2.45, 2.75) is 57.7 Å². The predicted octanol–water partition coefficient (Wildman–Crippen LogP) is 5.25. The molecule has 3 aromatic carbocycles. The lowest BCUT2D eigenvalue weighted by Crippen LogP contribution is -2.54. The smallest absolute Gasteiger partial charge is 0.244 e. The second-order valence-electron chi connectivity index (χ2n) is 10.5. The van der Waals surface area contributed by atoms with Crippen LogP contribution in [-0.4, -0.2) is 50.0 Å². The van der Waals surface area contributed by atoms with Gasteiger partial charge in [-0.05, 0) is 54.7 Å². The van der Waals surface area contributed by atoms with E-state index in [2.05, 4.69) is 5.32 Å². The van der Waals surface area contributed by atoms with E-state index in [0.29, 0.717) is 0 Å². The van der Waals surface area contributed by atoms with Crippen molar-refractivity contribution in [3.63, 3.8) is 0 Å². The second-order valence-corrected chi connectivity index (χ2v) is 12.8. The fourth-order valence-corrected chi connectivity index (χ4v) is 6.16. The zero-order chi connectivity index (χ0) is 29.6. The quantitative estimate of drug-likeness (QED) is 0.326. The fourth-order valence-electron chi connectivity index (χ4n) is 5.15. The number of carbonyl (C=O) groups excluding carboxylic acids is 2. The average Bonchev–Trinajstić information content (AvgIpc) is 3.44. The summed E-state index contributed by atoms with van der Waals surface area (Å²) < 4.78 is 40.5. The molecule has 1 unspecified atom stereocenters. The molecule has 1 aliphatic carbocycles. The Bertz CT molecular complexity index is 1480. The molecule has 0 saturated heterocycles. The maximum Gasteiger partial charge on any atom is 0.244 e.